The van der Waals surface area contributed by atoms with E-state index in [0.717, 1.165) is 22.3 Å². The first-order valence-corrected chi connectivity index (χ1v) is 7.21. The molecule has 3 nitrogen and oxygen atoms in total. The van der Waals surface area contributed by atoms with Crippen molar-refractivity contribution in [2.45, 2.75) is 6.54 Å². The molecule has 0 bridgehead atoms. The standard InChI is InChI=1S/C11H4Cl3F2N2OS/c12-9-6-3-17(10(13)19)8-5(18(6)11(14)20-9)2-1-4(15)7(8)16/h1-2H,3H2/q+1. The van der Waals surface area contributed by atoms with Crippen LogP contribution in [0.15, 0.2) is 12.1 Å². The van der Waals surface area contributed by atoms with E-state index in [4.69, 9.17) is 34.8 Å². The molecular formula is C11H4Cl3F2N2OS+. The maximum absolute atomic E-state index is 14.0. The second-order valence-corrected chi connectivity index (χ2v) is 6.49. The van der Waals surface area contributed by atoms with Gasteiger partial charge in [0.25, 0.3) is 0 Å². The molecule has 0 unspecified atom stereocenters. The van der Waals surface area contributed by atoms with Crippen molar-refractivity contribution in [1.82, 2.24) is 0 Å². The number of thiazole rings is 1. The SMILES string of the molecule is O=C(Cl)N1Cc2c(Cl)sc(Cl)[n+]2-c2ccc(F)c(F)c21. The van der Waals surface area contributed by atoms with Crippen molar-refractivity contribution in [2.75, 3.05) is 4.90 Å². The summed E-state index contributed by atoms with van der Waals surface area (Å²) < 4.78 is 29.5. The molecule has 0 spiro atoms. The lowest BCUT2D eigenvalue weighted by Crippen LogP contribution is -2.45. The molecular weight excluding hydrogens is 353 g/mol. The maximum atomic E-state index is 14.0. The van der Waals surface area contributed by atoms with Crippen molar-refractivity contribution in [3.63, 3.8) is 0 Å². The van der Waals surface area contributed by atoms with E-state index >= 15 is 0 Å². The molecule has 20 heavy (non-hydrogen) atoms. The quantitative estimate of drug-likeness (QED) is 0.392. The van der Waals surface area contributed by atoms with Crippen LogP contribution in [0.25, 0.3) is 5.69 Å². The molecule has 0 saturated carbocycles. The van der Waals surface area contributed by atoms with Gasteiger partial charge in [-0.05, 0) is 29.0 Å². The molecule has 0 atom stereocenters. The molecule has 2 heterocycles. The van der Waals surface area contributed by atoms with Crippen LogP contribution in [0.2, 0.25) is 8.80 Å². The average molecular weight is 357 g/mol. The minimum atomic E-state index is -1.16. The Bertz CT molecular complexity index is 750. The van der Waals surface area contributed by atoms with Crippen molar-refractivity contribution in [3.8, 4) is 5.69 Å². The molecule has 3 rings (SSSR count). The van der Waals surface area contributed by atoms with Gasteiger partial charge in [0, 0.05) is 17.7 Å². The first-order chi connectivity index (χ1) is 9.41. The largest absolute Gasteiger partial charge is 0.340 e. The van der Waals surface area contributed by atoms with Gasteiger partial charge in [-0.15, -0.1) is 4.57 Å². The van der Waals surface area contributed by atoms with Gasteiger partial charge in [-0.2, -0.15) is 0 Å². The summed E-state index contributed by atoms with van der Waals surface area (Å²) in [5, 5.41) is -0.930. The Morgan fingerprint density at radius 1 is 1.35 bits per heavy atom. The fourth-order valence-corrected chi connectivity index (χ4v) is 3.86. The maximum Gasteiger partial charge on any atom is 0.340 e. The third-order valence-electron chi connectivity index (χ3n) is 2.93. The molecule has 0 radical (unpaired) electrons. The first-order valence-electron chi connectivity index (χ1n) is 5.26. The minimum absolute atomic E-state index is 0.0856. The molecule has 1 aromatic heterocycles. The number of nitrogens with zero attached hydrogens (tertiary/aromatic N) is 2. The molecule has 0 saturated heterocycles. The van der Waals surface area contributed by atoms with Crippen LogP contribution in [0.4, 0.5) is 19.3 Å². The van der Waals surface area contributed by atoms with Gasteiger partial charge in [-0.25, -0.2) is 8.78 Å². The van der Waals surface area contributed by atoms with Crippen LogP contribution in [-0.4, -0.2) is 5.37 Å². The molecule has 1 aromatic carbocycles. The fraction of sp³-hybridized carbons (Fsp3) is 0.0909. The number of hydrogen-bond donors (Lipinski definition) is 0. The highest BCUT2D eigenvalue weighted by molar-refractivity contribution is 7.19. The molecule has 1 amide bonds. The lowest BCUT2D eigenvalue weighted by atomic mass is 10.1. The van der Waals surface area contributed by atoms with Crippen LogP contribution in [0.1, 0.15) is 5.69 Å². The zero-order valence-electron chi connectivity index (χ0n) is 9.46. The Balaban J connectivity index is 2.38. The average Bonchev–Trinajstić information content (AvgIpc) is 2.68. The van der Waals surface area contributed by atoms with E-state index in [-0.39, 0.29) is 22.4 Å². The number of rotatable bonds is 0. The van der Waals surface area contributed by atoms with Crippen LogP contribution in [0.5, 0.6) is 0 Å². The highest BCUT2D eigenvalue weighted by Crippen LogP contribution is 2.38. The van der Waals surface area contributed by atoms with Crippen molar-refractivity contribution < 1.29 is 18.1 Å². The zero-order chi connectivity index (χ0) is 14.6. The van der Waals surface area contributed by atoms with Crippen molar-refractivity contribution in [2.24, 2.45) is 0 Å². The second-order valence-electron chi connectivity index (χ2n) is 3.98. The van der Waals surface area contributed by atoms with E-state index in [1.807, 2.05) is 0 Å². The Kier molecular flexibility index (Phi) is 3.36. The number of aromatic nitrogens is 1. The van der Waals surface area contributed by atoms with Gasteiger partial charge in [0.05, 0.1) is 0 Å². The van der Waals surface area contributed by atoms with E-state index in [9.17, 15) is 13.6 Å². The normalized spacial score (nSPS) is 13.2. The number of benzene rings is 1. The summed E-state index contributed by atoms with van der Waals surface area (Å²) in [6.45, 7) is -0.0856. The number of hydrogen-bond acceptors (Lipinski definition) is 2. The Morgan fingerprint density at radius 3 is 2.70 bits per heavy atom. The highest BCUT2D eigenvalue weighted by Gasteiger charge is 2.40. The van der Waals surface area contributed by atoms with E-state index < -0.39 is 17.0 Å². The van der Waals surface area contributed by atoms with Crippen molar-refractivity contribution in [1.29, 1.82) is 0 Å². The predicted molar refractivity (Wildman–Crippen MR) is 73.2 cm³/mol. The number of amides is 1. The zero-order valence-corrected chi connectivity index (χ0v) is 12.5. The molecule has 0 fully saturated rings. The molecule has 1 aliphatic heterocycles. The lowest BCUT2D eigenvalue weighted by molar-refractivity contribution is -0.597. The van der Waals surface area contributed by atoms with E-state index in [2.05, 4.69) is 0 Å². The fourth-order valence-electron chi connectivity index (χ4n) is 2.09. The third kappa shape index (κ3) is 1.90. The molecule has 9 heteroatoms. The van der Waals surface area contributed by atoms with Gasteiger partial charge in [0.2, 0.25) is 11.4 Å². The highest BCUT2D eigenvalue weighted by atomic mass is 35.5. The summed E-state index contributed by atoms with van der Waals surface area (Å²) >= 11 is 18.6. The molecule has 1 aliphatic rings. The third-order valence-corrected chi connectivity index (χ3v) is 4.75. The van der Waals surface area contributed by atoms with Crippen molar-refractivity contribution in [3.05, 3.63) is 38.3 Å². The number of anilines is 1. The van der Waals surface area contributed by atoms with Crippen LogP contribution >= 0.6 is 46.1 Å². The summed E-state index contributed by atoms with van der Waals surface area (Å²) in [7, 11) is 0. The monoisotopic (exact) mass is 355 g/mol. The summed E-state index contributed by atoms with van der Waals surface area (Å²) in [5.41, 5.74) is 0.459. The summed E-state index contributed by atoms with van der Waals surface area (Å²) in [6, 6.07) is 2.27. The van der Waals surface area contributed by atoms with Crippen molar-refractivity contribution >= 4 is 57.2 Å². The van der Waals surface area contributed by atoms with E-state index in [1.165, 1.54) is 10.6 Å². The number of halogens is 5. The second kappa shape index (κ2) is 4.80. The minimum Gasteiger partial charge on any atom is -0.280 e. The molecule has 2 aromatic rings. The van der Waals surface area contributed by atoms with Crippen LogP contribution < -0.4 is 9.47 Å². The number of carbonyl (C=O) groups is 1. The molecule has 0 aliphatic carbocycles. The first kappa shape index (κ1) is 14.0. The smallest absolute Gasteiger partial charge is 0.280 e. The topological polar surface area (TPSA) is 24.2 Å². The van der Waals surface area contributed by atoms with Gasteiger partial charge >= 0.3 is 9.83 Å². The van der Waals surface area contributed by atoms with Gasteiger partial charge in [0.1, 0.15) is 6.54 Å². The predicted octanol–water partition coefficient (Wildman–Crippen LogP) is 4.29. The van der Waals surface area contributed by atoms with Crippen LogP contribution in [0, 0.1) is 11.6 Å². The van der Waals surface area contributed by atoms with Crippen LogP contribution in [0.3, 0.4) is 0 Å². The van der Waals surface area contributed by atoms with Gasteiger partial charge in [-0.1, -0.05) is 11.6 Å². The lowest BCUT2D eigenvalue weighted by Gasteiger charge is -2.23. The Hall–Kier alpha value is -0.950. The molecule has 0 N–H and O–H groups in total. The molecule has 104 valence electrons. The van der Waals surface area contributed by atoms with Crippen LogP contribution in [-0.2, 0) is 6.54 Å². The number of fused-ring (bicyclic) bond motifs is 3. The Morgan fingerprint density at radius 2 is 2.05 bits per heavy atom. The number of carbonyl (C=O) groups excluding carboxylic acids is 1. The van der Waals surface area contributed by atoms with Gasteiger partial charge < -0.3 is 0 Å². The summed E-state index contributed by atoms with van der Waals surface area (Å²) in [6.07, 6.45) is 0. The Labute approximate surface area is 130 Å². The summed E-state index contributed by atoms with van der Waals surface area (Å²) in [4.78, 5) is 12.4. The van der Waals surface area contributed by atoms with Gasteiger partial charge in [-0.3, -0.25) is 9.69 Å². The van der Waals surface area contributed by atoms with Gasteiger partial charge in [0.15, 0.2) is 21.7 Å². The summed E-state index contributed by atoms with van der Waals surface area (Å²) in [5.74, 6) is -2.23. The van der Waals surface area contributed by atoms with E-state index in [0.29, 0.717) is 10.0 Å². The van der Waals surface area contributed by atoms with E-state index in [1.54, 1.807) is 0 Å².